The van der Waals surface area contributed by atoms with Gasteiger partial charge in [0.1, 0.15) is 17.1 Å². The largest absolute Gasteiger partial charge is 0.505 e. The third-order valence-electron chi connectivity index (χ3n) is 4.69. The first kappa shape index (κ1) is 16.2. The van der Waals surface area contributed by atoms with Crippen LogP contribution in [0.25, 0.3) is 21.7 Å². The van der Waals surface area contributed by atoms with Crippen LogP contribution in [-0.4, -0.2) is 26.9 Å². The monoisotopic (exact) mass is 352 g/mol. The minimum absolute atomic E-state index is 0.0785. The van der Waals surface area contributed by atoms with Crippen LogP contribution in [0.15, 0.2) is 42.6 Å². The summed E-state index contributed by atoms with van der Waals surface area (Å²) in [7, 11) is 1.55. The van der Waals surface area contributed by atoms with Gasteiger partial charge in [0, 0.05) is 17.3 Å². The third kappa shape index (κ3) is 2.26. The molecule has 2 N–H and O–H groups in total. The molecule has 0 aliphatic carbocycles. The molecule has 26 heavy (non-hydrogen) atoms. The zero-order valence-electron chi connectivity index (χ0n) is 14.3. The quantitative estimate of drug-likeness (QED) is 0.582. The maximum atomic E-state index is 13.2. The van der Waals surface area contributed by atoms with Crippen LogP contribution in [-0.2, 0) is 6.54 Å². The number of methoxy groups -OCH3 is 1. The van der Waals surface area contributed by atoms with Gasteiger partial charge in [0.25, 0.3) is 0 Å². The van der Waals surface area contributed by atoms with Gasteiger partial charge in [-0.2, -0.15) is 0 Å². The molecule has 0 atom stereocenters. The average Bonchev–Trinajstić information content (AvgIpc) is 2.89. The number of halogens is 1. The Morgan fingerprint density at radius 3 is 2.54 bits per heavy atom. The number of aromatic nitrogens is 2. The molecular formula is C20H17FN2O3. The van der Waals surface area contributed by atoms with Crippen LogP contribution in [0.3, 0.4) is 0 Å². The van der Waals surface area contributed by atoms with Gasteiger partial charge in [0.2, 0.25) is 5.88 Å². The molecule has 2 aromatic carbocycles. The predicted octanol–water partition coefficient (Wildman–Crippen LogP) is 4.11. The molecule has 0 aliphatic heterocycles. The van der Waals surface area contributed by atoms with Crippen LogP contribution in [0.5, 0.6) is 17.4 Å². The van der Waals surface area contributed by atoms with Gasteiger partial charge in [-0.15, -0.1) is 0 Å². The Balaban J connectivity index is 2.03. The van der Waals surface area contributed by atoms with Crippen molar-refractivity contribution in [2.75, 3.05) is 7.11 Å². The maximum Gasteiger partial charge on any atom is 0.203 e. The highest BCUT2D eigenvalue weighted by atomic mass is 19.1. The molecule has 5 nitrogen and oxygen atoms in total. The predicted molar refractivity (Wildman–Crippen MR) is 97.4 cm³/mol. The lowest BCUT2D eigenvalue weighted by Gasteiger charge is -2.10. The van der Waals surface area contributed by atoms with E-state index in [1.165, 1.54) is 12.1 Å². The lowest BCUT2D eigenvalue weighted by molar-refractivity contribution is 0.422. The zero-order valence-corrected chi connectivity index (χ0v) is 14.3. The molecule has 4 rings (SSSR count). The van der Waals surface area contributed by atoms with Crippen molar-refractivity contribution in [2.24, 2.45) is 0 Å². The van der Waals surface area contributed by atoms with E-state index >= 15 is 0 Å². The van der Waals surface area contributed by atoms with Crippen LogP contribution in [0.4, 0.5) is 4.39 Å². The summed E-state index contributed by atoms with van der Waals surface area (Å²) in [4.78, 5) is 4.22. The van der Waals surface area contributed by atoms with Crippen LogP contribution >= 0.6 is 0 Å². The Morgan fingerprint density at radius 2 is 1.85 bits per heavy atom. The normalized spacial score (nSPS) is 11.3. The summed E-state index contributed by atoms with van der Waals surface area (Å²) in [5.74, 6) is 0.0654. The molecule has 6 heteroatoms. The first-order chi connectivity index (χ1) is 12.5. The lowest BCUT2D eigenvalue weighted by Crippen LogP contribution is -2.01. The molecule has 4 aromatic rings. The standard InChI is InChI=1S/C20H17FN2O3/c1-11-15-16(18(24)17-14(19(15)26-2)4-3-9-22-17)20(25)23(11)10-12-5-7-13(21)8-6-12/h3-9,24-25H,10H2,1-2H3. The van der Waals surface area contributed by atoms with Gasteiger partial charge in [-0.25, -0.2) is 4.39 Å². The maximum absolute atomic E-state index is 13.2. The second kappa shape index (κ2) is 5.91. The fourth-order valence-electron chi connectivity index (χ4n) is 3.43. The Labute approximate surface area is 148 Å². The van der Waals surface area contributed by atoms with Gasteiger partial charge in [0.15, 0.2) is 5.75 Å². The molecule has 0 spiro atoms. The molecular weight excluding hydrogens is 335 g/mol. The summed E-state index contributed by atoms with van der Waals surface area (Å²) in [6.45, 7) is 2.18. The molecule has 0 fully saturated rings. The van der Waals surface area contributed by atoms with Gasteiger partial charge in [-0.05, 0) is 36.8 Å². The van der Waals surface area contributed by atoms with Crippen molar-refractivity contribution in [3.8, 4) is 17.4 Å². The first-order valence-electron chi connectivity index (χ1n) is 8.12. The minimum Gasteiger partial charge on any atom is -0.505 e. The molecule has 0 unspecified atom stereocenters. The van der Waals surface area contributed by atoms with Crippen LogP contribution < -0.4 is 4.74 Å². The van der Waals surface area contributed by atoms with Crippen molar-refractivity contribution in [1.82, 2.24) is 9.55 Å². The zero-order chi connectivity index (χ0) is 18.4. The van der Waals surface area contributed by atoms with Crippen molar-refractivity contribution in [1.29, 1.82) is 0 Å². The second-order valence-corrected chi connectivity index (χ2v) is 6.15. The highest BCUT2D eigenvalue weighted by Crippen LogP contribution is 2.47. The van der Waals surface area contributed by atoms with E-state index in [1.54, 1.807) is 36.1 Å². The Hall–Kier alpha value is -3.28. The number of phenolic OH excluding ortho intramolecular Hbond substituents is 1. The average molecular weight is 352 g/mol. The highest BCUT2D eigenvalue weighted by molar-refractivity contribution is 6.12. The number of ether oxygens (including phenoxy) is 1. The number of hydrogen-bond acceptors (Lipinski definition) is 4. The molecule has 0 saturated heterocycles. The molecule has 2 aromatic heterocycles. The number of benzene rings is 2. The van der Waals surface area contributed by atoms with E-state index in [9.17, 15) is 14.6 Å². The van der Waals surface area contributed by atoms with Gasteiger partial charge in [0.05, 0.1) is 24.4 Å². The number of nitrogens with zero attached hydrogens (tertiary/aromatic N) is 2. The van der Waals surface area contributed by atoms with Gasteiger partial charge >= 0.3 is 0 Å². The van der Waals surface area contributed by atoms with Crippen molar-refractivity contribution < 1.29 is 19.3 Å². The molecule has 0 aliphatic rings. The van der Waals surface area contributed by atoms with Crippen molar-refractivity contribution in [2.45, 2.75) is 13.5 Å². The molecule has 0 amide bonds. The first-order valence-corrected chi connectivity index (χ1v) is 8.12. The van der Waals surface area contributed by atoms with E-state index in [4.69, 9.17) is 4.74 Å². The van der Waals surface area contributed by atoms with Gasteiger partial charge in [-0.1, -0.05) is 12.1 Å². The number of fused-ring (bicyclic) bond motifs is 2. The summed E-state index contributed by atoms with van der Waals surface area (Å²) in [6, 6.07) is 9.65. The van der Waals surface area contributed by atoms with Crippen LogP contribution in [0, 0.1) is 12.7 Å². The minimum atomic E-state index is -0.316. The molecule has 0 bridgehead atoms. The SMILES string of the molecule is COc1c2cccnc2c(O)c2c(O)n(Cc3ccc(F)cc3)c(C)c12. The summed E-state index contributed by atoms with van der Waals surface area (Å²) in [5.41, 5.74) is 1.93. The Morgan fingerprint density at radius 1 is 1.12 bits per heavy atom. The topological polar surface area (TPSA) is 67.5 Å². The third-order valence-corrected chi connectivity index (χ3v) is 4.69. The van der Waals surface area contributed by atoms with E-state index in [1.807, 2.05) is 13.0 Å². The highest BCUT2D eigenvalue weighted by Gasteiger charge is 2.24. The molecule has 0 radical (unpaired) electrons. The van der Waals surface area contributed by atoms with Crippen molar-refractivity contribution in [3.63, 3.8) is 0 Å². The molecule has 132 valence electrons. The number of hydrogen-bond donors (Lipinski definition) is 2. The lowest BCUT2D eigenvalue weighted by atomic mass is 10.1. The van der Waals surface area contributed by atoms with Crippen LogP contribution in [0.2, 0.25) is 0 Å². The van der Waals surface area contributed by atoms with E-state index in [-0.39, 0.29) is 17.4 Å². The molecule has 0 saturated carbocycles. The summed E-state index contributed by atoms with van der Waals surface area (Å²) in [6.07, 6.45) is 1.58. The molecule has 2 heterocycles. The smallest absolute Gasteiger partial charge is 0.203 e. The second-order valence-electron chi connectivity index (χ2n) is 6.15. The van der Waals surface area contributed by atoms with E-state index < -0.39 is 0 Å². The number of aryl methyl sites for hydroxylation is 1. The number of phenols is 1. The fourth-order valence-corrected chi connectivity index (χ4v) is 3.43. The van der Waals surface area contributed by atoms with Gasteiger partial charge in [-0.3, -0.25) is 4.98 Å². The fraction of sp³-hybridized carbons (Fsp3) is 0.150. The van der Waals surface area contributed by atoms with Gasteiger partial charge < -0.3 is 19.5 Å². The summed E-state index contributed by atoms with van der Waals surface area (Å²) >= 11 is 0. The summed E-state index contributed by atoms with van der Waals surface area (Å²) in [5, 5.41) is 23.1. The number of rotatable bonds is 3. The van der Waals surface area contributed by atoms with Crippen molar-refractivity contribution >= 4 is 21.7 Å². The number of aromatic hydroxyl groups is 2. The van der Waals surface area contributed by atoms with Crippen LogP contribution in [0.1, 0.15) is 11.3 Å². The number of pyridine rings is 1. The van der Waals surface area contributed by atoms with E-state index in [0.29, 0.717) is 34.0 Å². The van der Waals surface area contributed by atoms with E-state index in [0.717, 1.165) is 11.3 Å². The summed E-state index contributed by atoms with van der Waals surface area (Å²) < 4.78 is 20.4. The van der Waals surface area contributed by atoms with Crippen molar-refractivity contribution in [3.05, 3.63) is 59.7 Å². The Kier molecular flexibility index (Phi) is 3.68. The van der Waals surface area contributed by atoms with E-state index in [2.05, 4.69) is 4.98 Å². The Bertz CT molecular complexity index is 1130.